The van der Waals surface area contributed by atoms with Crippen molar-refractivity contribution in [3.05, 3.63) is 24.3 Å². The van der Waals surface area contributed by atoms with Crippen LogP contribution in [0.2, 0.25) is 0 Å². The summed E-state index contributed by atoms with van der Waals surface area (Å²) in [6, 6.07) is 7.96. The fourth-order valence-corrected chi connectivity index (χ4v) is 2.55. The van der Waals surface area contributed by atoms with Crippen molar-refractivity contribution in [1.82, 2.24) is 9.55 Å². The molecular weight excluding hydrogens is 298 g/mol. The van der Waals surface area contributed by atoms with Gasteiger partial charge in [0.25, 0.3) is 0 Å². The molecule has 4 nitrogen and oxygen atoms in total. The van der Waals surface area contributed by atoms with Crippen LogP contribution in [0.25, 0.3) is 11.0 Å². The number of benzene rings is 1. The van der Waals surface area contributed by atoms with Gasteiger partial charge in [-0.1, -0.05) is 57.6 Å². The second kappa shape index (κ2) is 10.5. The zero-order valence-electron chi connectivity index (χ0n) is 13.5. The summed E-state index contributed by atoms with van der Waals surface area (Å²) in [5, 5.41) is 0. The molecule has 0 unspecified atom stereocenters. The molecule has 0 saturated carbocycles. The van der Waals surface area contributed by atoms with Crippen LogP contribution in [0.5, 0.6) is 0 Å². The number of aromatic nitrogens is 2. The van der Waals surface area contributed by atoms with Crippen molar-refractivity contribution in [3.63, 3.8) is 0 Å². The lowest BCUT2D eigenvalue weighted by molar-refractivity contribution is 0.0776. The Balaban J connectivity index is 0.00000242. The molecule has 2 rings (SSSR count). The standard InChI is InChI=1S/C17H27N3O.ClH/c1-2-3-4-5-6-7-10-13-21-14-20-16-12-9-8-11-15(16)19-17(20)18;/h8-9,11-12H,2-7,10,13-14H2,1H3,(H2,18,19);1H. The number of nitrogens with zero attached hydrogens (tertiary/aromatic N) is 2. The lowest BCUT2D eigenvalue weighted by Crippen LogP contribution is -2.07. The Morgan fingerprint density at radius 3 is 2.50 bits per heavy atom. The van der Waals surface area contributed by atoms with Crippen molar-refractivity contribution in [2.45, 2.75) is 58.6 Å². The molecule has 1 aromatic heterocycles. The zero-order valence-corrected chi connectivity index (χ0v) is 14.3. The van der Waals surface area contributed by atoms with Gasteiger partial charge >= 0.3 is 0 Å². The molecule has 5 heteroatoms. The number of ether oxygens (including phenoxy) is 1. The maximum Gasteiger partial charge on any atom is 0.203 e. The molecule has 22 heavy (non-hydrogen) atoms. The molecule has 0 spiro atoms. The van der Waals surface area contributed by atoms with E-state index in [0.29, 0.717) is 12.7 Å². The number of halogens is 1. The third-order valence-corrected chi connectivity index (χ3v) is 3.80. The Kier molecular flexibility index (Phi) is 8.94. The van der Waals surface area contributed by atoms with E-state index in [1.165, 1.54) is 38.5 Å². The van der Waals surface area contributed by atoms with Crippen LogP contribution in [0, 0.1) is 0 Å². The second-order valence-electron chi connectivity index (χ2n) is 5.55. The van der Waals surface area contributed by atoms with Crippen LogP contribution < -0.4 is 5.73 Å². The summed E-state index contributed by atoms with van der Waals surface area (Å²) in [6.45, 7) is 3.53. The number of anilines is 1. The van der Waals surface area contributed by atoms with Gasteiger partial charge in [0.05, 0.1) is 11.0 Å². The number of para-hydroxylation sites is 2. The van der Waals surface area contributed by atoms with Crippen LogP contribution in [0.15, 0.2) is 24.3 Å². The third kappa shape index (κ3) is 5.50. The summed E-state index contributed by atoms with van der Waals surface area (Å²) in [6.07, 6.45) is 9.09. The number of imidazole rings is 1. The van der Waals surface area contributed by atoms with Crippen LogP contribution in [0.3, 0.4) is 0 Å². The van der Waals surface area contributed by atoms with Gasteiger partial charge in [-0.3, -0.25) is 4.57 Å². The van der Waals surface area contributed by atoms with Gasteiger partial charge in [-0.2, -0.15) is 0 Å². The Morgan fingerprint density at radius 1 is 1.05 bits per heavy atom. The first-order chi connectivity index (χ1) is 10.3. The van der Waals surface area contributed by atoms with E-state index in [0.717, 1.165) is 24.1 Å². The van der Waals surface area contributed by atoms with Gasteiger partial charge in [-0.15, -0.1) is 12.4 Å². The smallest absolute Gasteiger partial charge is 0.203 e. The Bertz CT molecular complexity index is 542. The fraction of sp³-hybridized carbons (Fsp3) is 0.588. The van der Waals surface area contributed by atoms with Crippen LogP contribution in [-0.4, -0.2) is 16.2 Å². The summed E-state index contributed by atoms with van der Waals surface area (Å²) in [4.78, 5) is 4.33. The molecule has 0 aliphatic rings. The van der Waals surface area contributed by atoms with Crippen molar-refractivity contribution in [1.29, 1.82) is 0 Å². The molecule has 0 fully saturated rings. The van der Waals surface area contributed by atoms with Crippen molar-refractivity contribution in [2.24, 2.45) is 0 Å². The van der Waals surface area contributed by atoms with E-state index in [-0.39, 0.29) is 12.4 Å². The maximum absolute atomic E-state index is 5.93. The minimum absolute atomic E-state index is 0. The summed E-state index contributed by atoms with van der Waals surface area (Å²) < 4.78 is 7.66. The molecule has 0 saturated heterocycles. The average Bonchev–Trinajstić information content (AvgIpc) is 2.81. The third-order valence-electron chi connectivity index (χ3n) is 3.80. The summed E-state index contributed by atoms with van der Waals surface area (Å²) in [5.74, 6) is 0.524. The van der Waals surface area contributed by atoms with E-state index in [4.69, 9.17) is 10.5 Å². The molecule has 0 radical (unpaired) electrons. The Hall–Kier alpha value is -1.26. The van der Waals surface area contributed by atoms with Crippen LogP contribution >= 0.6 is 12.4 Å². The summed E-state index contributed by atoms with van der Waals surface area (Å²) in [7, 11) is 0. The topological polar surface area (TPSA) is 53.1 Å². The highest BCUT2D eigenvalue weighted by Gasteiger charge is 2.06. The Labute approximate surface area is 139 Å². The van der Waals surface area contributed by atoms with E-state index >= 15 is 0 Å². The number of nitrogens with two attached hydrogens (primary N) is 1. The number of nitrogen functional groups attached to an aromatic ring is 1. The second-order valence-corrected chi connectivity index (χ2v) is 5.55. The average molecular weight is 326 g/mol. The highest BCUT2D eigenvalue weighted by atomic mass is 35.5. The van der Waals surface area contributed by atoms with Crippen molar-refractivity contribution < 1.29 is 4.74 Å². The van der Waals surface area contributed by atoms with E-state index in [9.17, 15) is 0 Å². The van der Waals surface area contributed by atoms with Crippen LogP contribution in [-0.2, 0) is 11.5 Å². The molecule has 2 aromatic rings. The largest absolute Gasteiger partial charge is 0.369 e. The molecule has 0 bridgehead atoms. The first-order valence-corrected chi connectivity index (χ1v) is 8.11. The molecule has 1 heterocycles. The first kappa shape index (κ1) is 18.8. The molecule has 1 aromatic carbocycles. The number of rotatable bonds is 10. The van der Waals surface area contributed by atoms with Gasteiger partial charge in [-0.25, -0.2) is 4.98 Å². The lowest BCUT2D eigenvalue weighted by atomic mass is 10.1. The highest BCUT2D eigenvalue weighted by molar-refractivity contribution is 5.85. The molecule has 2 N–H and O–H groups in total. The summed E-state index contributed by atoms with van der Waals surface area (Å²) >= 11 is 0. The molecular formula is C17H28ClN3O. The Morgan fingerprint density at radius 2 is 1.73 bits per heavy atom. The van der Waals surface area contributed by atoms with Gasteiger partial charge in [0.1, 0.15) is 6.73 Å². The fourth-order valence-electron chi connectivity index (χ4n) is 2.55. The molecule has 0 aliphatic heterocycles. The molecule has 0 aliphatic carbocycles. The lowest BCUT2D eigenvalue weighted by Gasteiger charge is -2.08. The SMILES string of the molecule is CCCCCCCCCOCn1c(N)nc2ccccc21.Cl. The normalized spacial score (nSPS) is 10.8. The van der Waals surface area contributed by atoms with E-state index in [1.54, 1.807) is 0 Å². The quantitative estimate of drug-likeness (QED) is 0.640. The van der Waals surface area contributed by atoms with Crippen molar-refractivity contribution in [2.75, 3.05) is 12.3 Å². The van der Waals surface area contributed by atoms with Gasteiger partial charge in [0.15, 0.2) is 0 Å². The number of fused-ring (bicyclic) bond motifs is 1. The highest BCUT2D eigenvalue weighted by Crippen LogP contribution is 2.17. The van der Waals surface area contributed by atoms with Gasteiger partial charge in [0.2, 0.25) is 5.95 Å². The van der Waals surface area contributed by atoms with Gasteiger partial charge in [0, 0.05) is 6.61 Å². The predicted molar refractivity (Wildman–Crippen MR) is 95.3 cm³/mol. The van der Waals surface area contributed by atoms with Crippen molar-refractivity contribution in [3.8, 4) is 0 Å². The maximum atomic E-state index is 5.93. The molecule has 0 amide bonds. The predicted octanol–water partition coefficient (Wildman–Crippen LogP) is 4.77. The minimum atomic E-state index is 0. The monoisotopic (exact) mass is 325 g/mol. The number of unbranched alkanes of at least 4 members (excludes halogenated alkanes) is 6. The van der Waals surface area contributed by atoms with E-state index < -0.39 is 0 Å². The number of hydrogen-bond donors (Lipinski definition) is 1. The van der Waals surface area contributed by atoms with Crippen LogP contribution in [0.4, 0.5) is 5.95 Å². The van der Waals surface area contributed by atoms with Gasteiger partial charge in [-0.05, 0) is 18.6 Å². The van der Waals surface area contributed by atoms with E-state index in [2.05, 4.69) is 11.9 Å². The number of hydrogen-bond acceptors (Lipinski definition) is 3. The summed E-state index contributed by atoms with van der Waals surface area (Å²) in [5.41, 5.74) is 7.90. The molecule has 124 valence electrons. The van der Waals surface area contributed by atoms with E-state index in [1.807, 2.05) is 28.8 Å². The minimum Gasteiger partial charge on any atom is -0.369 e. The molecule has 0 atom stereocenters. The van der Waals surface area contributed by atoms with Crippen LogP contribution in [0.1, 0.15) is 51.9 Å². The first-order valence-electron chi connectivity index (χ1n) is 8.11. The van der Waals surface area contributed by atoms with Crippen molar-refractivity contribution >= 4 is 29.4 Å². The zero-order chi connectivity index (χ0) is 14.9. The van der Waals surface area contributed by atoms with Gasteiger partial charge < -0.3 is 10.5 Å².